The van der Waals surface area contributed by atoms with Crippen LogP contribution in [0.1, 0.15) is 152 Å². The molecule has 12 aromatic carbocycles. The van der Waals surface area contributed by atoms with Gasteiger partial charge in [0.15, 0.2) is 0 Å². The number of ether oxygens (including phenoxy) is 5. The van der Waals surface area contributed by atoms with E-state index in [0.717, 1.165) is 170 Å². The van der Waals surface area contributed by atoms with Gasteiger partial charge in [0.2, 0.25) is 15.9 Å². The number of H-pyrrole nitrogens is 5. The predicted octanol–water partition coefficient (Wildman–Crippen LogP) is 25.7. The molecule has 5 unspecified atom stereocenters. The number of nitrogens with one attached hydrogen (secondary N) is 8. The van der Waals surface area contributed by atoms with Crippen LogP contribution in [0.4, 0.5) is 15.3 Å². The van der Waals surface area contributed by atoms with E-state index in [0.29, 0.717) is 65.8 Å². The molecule has 0 spiro atoms. The molecule has 22 rings (SSSR count). The van der Waals surface area contributed by atoms with E-state index < -0.39 is 16.1 Å². The molecule has 5 aromatic heterocycles. The maximum Gasteiger partial charge on any atom is 0.322 e. The van der Waals surface area contributed by atoms with E-state index in [2.05, 4.69) is 131 Å². The van der Waals surface area contributed by atoms with E-state index in [4.69, 9.17) is 81.7 Å². The minimum absolute atomic E-state index is 0.0194. The first kappa shape index (κ1) is 98.5. The molecule has 0 aliphatic carbocycles. The lowest BCUT2D eigenvalue weighted by Gasteiger charge is -2.36. The van der Waals surface area contributed by atoms with Gasteiger partial charge in [-0.05, 0) is 275 Å². The number of hydrogen-bond donors (Lipinski definition) is 8. The molecule has 0 fully saturated rings. The molecule has 5 amide bonds. The third-order valence-electron chi connectivity index (χ3n) is 27.1. The highest BCUT2D eigenvalue weighted by Crippen LogP contribution is 2.47. The molecule has 141 heavy (non-hydrogen) atoms. The molecular weight excluding hydrogens is 1960 g/mol. The predicted molar refractivity (Wildman–Crippen MR) is 570 cm³/mol. The lowest BCUT2D eigenvalue weighted by molar-refractivity contribution is -0.137. The summed E-state index contributed by atoms with van der Waals surface area (Å²) in [6.45, 7) is 9.93. The zero-order chi connectivity index (χ0) is 98.4. The van der Waals surface area contributed by atoms with E-state index >= 15 is 0 Å². The molecule has 5 atom stereocenters. The van der Waals surface area contributed by atoms with Gasteiger partial charge in [-0.3, -0.25) is 4.79 Å². The normalized spacial score (nSPS) is 16.4. The number of benzene rings is 12. The molecular formula is C112H108BrCl5N12O10S. The molecule has 8 N–H and O–H groups in total. The maximum atomic E-state index is 13.4. The zero-order valence-corrected chi connectivity index (χ0v) is 85.3. The Hall–Kier alpha value is -12.7. The third kappa shape index (κ3) is 21.2. The molecule has 0 saturated carbocycles. The first-order valence-corrected chi connectivity index (χ1v) is 51.2. The quantitative estimate of drug-likeness (QED) is 0.0425. The summed E-state index contributed by atoms with van der Waals surface area (Å²) in [5.74, 6) is 3.60. The Morgan fingerprint density at radius 3 is 1.20 bits per heavy atom. The molecule has 29 heteroatoms. The largest absolute Gasteiger partial charge is 0.497 e. The number of urea groups is 2. The van der Waals surface area contributed by atoms with Gasteiger partial charge in [-0.15, -0.1) is 0 Å². The molecule has 724 valence electrons. The maximum absolute atomic E-state index is 13.4. The van der Waals surface area contributed by atoms with Crippen LogP contribution in [0.15, 0.2) is 271 Å². The summed E-state index contributed by atoms with van der Waals surface area (Å²) in [5, 5.41) is 19.1. The van der Waals surface area contributed by atoms with Gasteiger partial charge in [0, 0.05) is 165 Å². The first-order valence-electron chi connectivity index (χ1n) is 47.0. The van der Waals surface area contributed by atoms with Crippen LogP contribution in [0.3, 0.4) is 0 Å². The second kappa shape index (κ2) is 43.4. The van der Waals surface area contributed by atoms with Gasteiger partial charge in [-0.1, -0.05) is 191 Å². The monoisotopic (exact) mass is 2070 g/mol. The van der Waals surface area contributed by atoms with Crippen LogP contribution < -0.4 is 34.9 Å². The van der Waals surface area contributed by atoms with Crippen molar-refractivity contribution in [3.63, 3.8) is 0 Å². The van der Waals surface area contributed by atoms with Gasteiger partial charge in [0.25, 0.3) is 0 Å². The molecule has 22 nitrogen and oxygen atoms in total. The van der Waals surface area contributed by atoms with Crippen molar-refractivity contribution < 1.29 is 46.5 Å². The topological polar surface area (TPSA) is 260 Å². The number of aromatic nitrogens is 5. The minimum atomic E-state index is -3.37. The number of rotatable bonds is 17. The van der Waals surface area contributed by atoms with Crippen LogP contribution in [-0.2, 0) is 58.2 Å². The summed E-state index contributed by atoms with van der Waals surface area (Å²) in [6.07, 6.45) is 4.00. The Kier molecular flexibility index (Phi) is 30.3. The number of amides is 5. The minimum Gasteiger partial charge on any atom is -0.497 e. The fraction of sp³-hybridized carbons (Fsp3) is 0.241. The van der Waals surface area contributed by atoms with Gasteiger partial charge in [0.1, 0.15) is 29.6 Å². The third-order valence-corrected chi connectivity index (χ3v) is 30.6. The summed E-state index contributed by atoms with van der Waals surface area (Å²) in [6, 6.07) is 86.0. The zero-order valence-electron chi connectivity index (χ0n) is 79.1. The SMILES string of the molecule is CCS(=O)(=O)N1CCc2c([nH]c3ccc(Cl)cc23)C1c1ccc(OC)cc1.COCC(=O)N1CCc2c([nH]c3ccc(Br)cc23)C1c1ccc(C(C)C)cc1.COc1ccc(C2c3[nH]c4ccc(Cl)cc4c3CCN2C(=O)NCc2ccccc2)cc1.COc1ccc(NC(=O)N2CCc3c([nH]c4ccc(Cl)cc34)C2c2ccc(OC)cc2)cc1.Clc1ccc(C2NCCc3c2[nH]c2ccc(Cl)cc32)cc1. The van der Waals surface area contributed by atoms with E-state index in [1.807, 2.05) is 221 Å². The number of aromatic amines is 5. The van der Waals surface area contributed by atoms with Crippen molar-refractivity contribution >= 4 is 162 Å². The summed E-state index contributed by atoms with van der Waals surface area (Å²) in [7, 11) is 4.73. The van der Waals surface area contributed by atoms with Gasteiger partial charge in [0.05, 0.1) is 64.4 Å². The highest BCUT2D eigenvalue weighted by molar-refractivity contribution is 9.10. The van der Waals surface area contributed by atoms with Crippen LogP contribution in [0.25, 0.3) is 54.5 Å². The highest BCUT2D eigenvalue weighted by atomic mass is 79.9. The van der Waals surface area contributed by atoms with Gasteiger partial charge in [-0.25, -0.2) is 18.0 Å². The van der Waals surface area contributed by atoms with Gasteiger partial charge >= 0.3 is 12.1 Å². The fourth-order valence-corrected chi connectivity index (χ4v) is 22.5. The van der Waals surface area contributed by atoms with Crippen molar-refractivity contribution in [3.8, 4) is 23.0 Å². The first-order chi connectivity index (χ1) is 68.4. The van der Waals surface area contributed by atoms with Crippen molar-refractivity contribution in [1.29, 1.82) is 0 Å². The summed E-state index contributed by atoms with van der Waals surface area (Å²) >= 11 is 34.5. The Labute approximate surface area is 852 Å². The van der Waals surface area contributed by atoms with Crippen LogP contribution in [0, 0.1) is 0 Å². The van der Waals surface area contributed by atoms with E-state index in [-0.39, 0.29) is 54.5 Å². The average molecular weight is 2070 g/mol. The molecule has 17 aromatic rings. The van der Waals surface area contributed by atoms with Crippen molar-refractivity contribution in [2.45, 2.75) is 95.5 Å². The number of sulfonamides is 1. The van der Waals surface area contributed by atoms with Crippen molar-refractivity contribution in [2.24, 2.45) is 0 Å². The second-order valence-corrected chi connectivity index (χ2v) is 41.0. The smallest absolute Gasteiger partial charge is 0.322 e. The summed E-state index contributed by atoms with van der Waals surface area (Å²) in [5.41, 5.74) is 25.2. The molecule has 5 aliphatic rings. The lowest BCUT2D eigenvalue weighted by Crippen LogP contribution is -2.45. The van der Waals surface area contributed by atoms with Crippen molar-refractivity contribution in [3.05, 3.63) is 392 Å². The Balaban J connectivity index is 0.000000117. The molecule has 10 heterocycles. The molecule has 5 aliphatic heterocycles. The number of nitrogens with zero attached hydrogens (tertiary/aromatic N) is 4. The lowest BCUT2D eigenvalue weighted by atomic mass is 9.91. The van der Waals surface area contributed by atoms with Crippen LogP contribution in [0.5, 0.6) is 23.0 Å². The Morgan fingerprint density at radius 2 is 0.766 bits per heavy atom. The number of methoxy groups -OCH3 is 5. The number of hydrogen-bond acceptors (Lipinski definition) is 11. The fourth-order valence-electron chi connectivity index (χ4n) is 20.1. The van der Waals surface area contributed by atoms with Crippen molar-refractivity contribution in [1.82, 2.24) is 54.6 Å². The Bertz CT molecular complexity index is 7510. The van der Waals surface area contributed by atoms with Crippen LogP contribution in [0.2, 0.25) is 25.1 Å². The standard InChI is InChI=1S/C26H24ClN3O3.C26H24ClN3O2.C23H25BrN2O2.C20H21ClN2O3S.C17H14Cl2N2/c1-32-19-8-3-16(4-9-19)25-24-21(22-15-17(27)5-12-23(22)29-24)13-14-30(25)26(31)28-18-6-10-20(33-2)11-7-18;1-32-20-10-7-18(8-11-20)25-24-21(22-15-19(27)9-12-23(22)29-24)13-14-30(25)26(31)28-16-17-5-3-2-4-6-17;1-14(2)15-4-6-16(7-5-15)23-22-18(10-11-26(23)21(27)13-28-3)19-12-17(24)8-9-20(19)25-22;1-3-27(24,25)23-11-10-16-17-12-14(21)6-9-18(17)22-19(16)20(23)13-4-7-15(26-2)8-5-13;18-11-3-1-10(2-4-11)16-17-13(7-8-20-16)14-9-12(19)5-6-15(14)21-17/h3-12,15,25,29H,13-14H2,1-2H3,(H,28,31);2-12,15,25,29H,13-14,16H2,1H3,(H,28,31);4-9,12,14,23,25H,10-11,13H2,1-3H3;4-9,12,20,22H,3,10-11H2,1-2H3;1-6,9,16,20-21H,7-8H2. The highest BCUT2D eigenvalue weighted by Gasteiger charge is 2.41. The summed E-state index contributed by atoms with van der Waals surface area (Å²) < 4.78 is 54.6. The van der Waals surface area contributed by atoms with E-state index in [1.165, 1.54) is 49.8 Å². The Morgan fingerprint density at radius 1 is 0.404 bits per heavy atom. The number of halogens is 6. The van der Waals surface area contributed by atoms with E-state index in [9.17, 15) is 22.8 Å². The van der Waals surface area contributed by atoms with Crippen LogP contribution >= 0.6 is 73.9 Å². The van der Waals surface area contributed by atoms with Gasteiger partial charge in [-0.2, -0.15) is 4.31 Å². The van der Waals surface area contributed by atoms with E-state index in [1.54, 1.807) is 46.8 Å². The molecule has 0 bridgehead atoms. The molecule has 0 saturated heterocycles. The van der Waals surface area contributed by atoms with Gasteiger partial charge < -0.3 is 79.3 Å². The van der Waals surface area contributed by atoms with Crippen LogP contribution in [-0.4, -0.2) is 151 Å². The number of carbonyl (C=O) groups excluding carboxylic acids is 3. The number of carbonyl (C=O) groups is 3. The summed E-state index contributed by atoms with van der Waals surface area (Å²) in [4.78, 5) is 63.0. The molecule has 0 radical (unpaired) electrons. The van der Waals surface area contributed by atoms with Crippen molar-refractivity contribution in [2.75, 3.05) is 85.9 Å². The number of anilines is 1. The number of fused-ring (bicyclic) bond motifs is 15. The average Bonchev–Trinajstić information content (AvgIpc) is 1.64. The second-order valence-electron chi connectivity index (χ2n) is 35.7.